The summed E-state index contributed by atoms with van der Waals surface area (Å²) in [4.78, 5) is 14.1. The number of hydrogen-bond donors (Lipinski definition) is 0. The number of carbonyl (C=O) groups is 1. The van der Waals surface area contributed by atoms with Crippen molar-refractivity contribution in [3.63, 3.8) is 0 Å². The second-order valence-corrected chi connectivity index (χ2v) is 7.58. The lowest BCUT2D eigenvalue weighted by Crippen LogP contribution is -2.42. The molecule has 0 saturated heterocycles. The summed E-state index contributed by atoms with van der Waals surface area (Å²) in [6.45, 7) is 6.01. The standard InChI is InChI=1S/C21H23F2NO3/c1-21(2,3)27-20(25)24-11-17-14(15-9-8-13(22)10-18(15)23)6-5-7-16(17)19(12-24)26-4/h5-10,19H,11-12H2,1-4H3. The highest BCUT2D eigenvalue weighted by atomic mass is 19.1. The average molecular weight is 375 g/mol. The monoisotopic (exact) mass is 375 g/mol. The van der Waals surface area contributed by atoms with Crippen LogP contribution in [0.2, 0.25) is 0 Å². The van der Waals surface area contributed by atoms with E-state index in [2.05, 4.69) is 0 Å². The van der Waals surface area contributed by atoms with E-state index in [1.165, 1.54) is 12.1 Å². The first-order valence-corrected chi connectivity index (χ1v) is 8.77. The van der Waals surface area contributed by atoms with Crippen LogP contribution in [0.1, 0.15) is 38.0 Å². The third-order valence-corrected chi connectivity index (χ3v) is 4.45. The van der Waals surface area contributed by atoms with Crippen LogP contribution >= 0.6 is 0 Å². The molecular formula is C21H23F2NO3. The Balaban J connectivity index is 2.04. The number of methoxy groups -OCH3 is 1. The van der Waals surface area contributed by atoms with Crippen molar-refractivity contribution in [3.05, 3.63) is 59.2 Å². The highest BCUT2D eigenvalue weighted by Crippen LogP contribution is 2.37. The van der Waals surface area contributed by atoms with E-state index in [1.54, 1.807) is 38.8 Å². The Hall–Kier alpha value is -2.47. The van der Waals surface area contributed by atoms with Gasteiger partial charge in [-0.05, 0) is 49.6 Å². The number of rotatable bonds is 2. The van der Waals surface area contributed by atoms with Gasteiger partial charge < -0.3 is 14.4 Å². The van der Waals surface area contributed by atoms with Gasteiger partial charge in [0.25, 0.3) is 0 Å². The molecule has 1 heterocycles. The minimum Gasteiger partial charge on any atom is -0.444 e. The minimum atomic E-state index is -0.647. The molecule has 0 radical (unpaired) electrons. The van der Waals surface area contributed by atoms with Crippen LogP contribution in [0.15, 0.2) is 36.4 Å². The molecule has 1 atom stereocenters. The van der Waals surface area contributed by atoms with Gasteiger partial charge in [0.15, 0.2) is 0 Å². The van der Waals surface area contributed by atoms with Gasteiger partial charge in [0.2, 0.25) is 0 Å². The van der Waals surface area contributed by atoms with Crippen LogP contribution in [0.25, 0.3) is 11.1 Å². The summed E-state index contributed by atoms with van der Waals surface area (Å²) in [6, 6.07) is 8.97. The molecule has 1 amide bonds. The maximum Gasteiger partial charge on any atom is 0.410 e. The fourth-order valence-electron chi connectivity index (χ4n) is 3.26. The number of fused-ring (bicyclic) bond motifs is 1. The number of hydrogen-bond acceptors (Lipinski definition) is 3. The van der Waals surface area contributed by atoms with E-state index in [0.29, 0.717) is 12.1 Å². The molecule has 0 bridgehead atoms. The number of nitrogens with zero attached hydrogens (tertiary/aromatic N) is 1. The third kappa shape index (κ3) is 4.11. The van der Waals surface area contributed by atoms with Gasteiger partial charge in [0, 0.05) is 18.7 Å². The summed E-state index contributed by atoms with van der Waals surface area (Å²) in [7, 11) is 1.57. The summed E-state index contributed by atoms with van der Waals surface area (Å²) < 4.78 is 38.7. The van der Waals surface area contributed by atoms with Gasteiger partial charge >= 0.3 is 6.09 Å². The Kier molecular flexibility index (Phi) is 5.20. The largest absolute Gasteiger partial charge is 0.444 e. The molecule has 2 aromatic rings. The smallest absolute Gasteiger partial charge is 0.410 e. The maximum atomic E-state index is 14.4. The molecule has 1 aliphatic rings. The molecule has 3 rings (SSSR count). The quantitative estimate of drug-likeness (QED) is 0.736. The van der Waals surface area contributed by atoms with E-state index in [0.717, 1.165) is 17.2 Å². The van der Waals surface area contributed by atoms with Crippen LogP contribution in [0.3, 0.4) is 0 Å². The second-order valence-electron chi connectivity index (χ2n) is 7.58. The first kappa shape index (κ1) is 19.3. The molecule has 144 valence electrons. The topological polar surface area (TPSA) is 38.8 Å². The van der Waals surface area contributed by atoms with Crippen molar-refractivity contribution in [2.24, 2.45) is 0 Å². The molecule has 0 aromatic heterocycles. The molecule has 0 fully saturated rings. The molecular weight excluding hydrogens is 352 g/mol. The lowest BCUT2D eigenvalue weighted by molar-refractivity contribution is 0.000227. The molecule has 0 spiro atoms. The van der Waals surface area contributed by atoms with Crippen LogP contribution in [0.5, 0.6) is 0 Å². The Morgan fingerprint density at radius 1 is 1.15 bits per heavy atom. The van der Waals surface area contributed by atoms with Crippen LogP contribution < -0.4 is 0 Å². The van der Waals surface area contributed by atoms with Crippen molar-refractivity contribution in [1.82, 2.24) is 4.90 Å². The summed E-state index contributed by atoms with van der Waals surface area (Å²) >= 11 is 0. The zero-order valence-electron chi connectivity index (χ0n) is 15.9. The van der Waals surface area contributed by atoms with Gasteiger partial charge in [-0.25, -0.2) is 13.6 Å². The zero-order chi connectivity index (χ0) is 19.8. The summed E-state index contributed by atoms with van der Waals surface area (Å²) in [5.74, 6) is -1.28. The molecule has 0 aliphatic carbocycles. The predicted octanol–water partition coefficient (Wildman–Crippen LogP) is 5.07. The third-order valence-electron chi connectivity index (χ3n) is 4.45. The number of amides is 1. The van der Waals surface area contributed by atoms with Crippen LogP contribution in [-0.2, 0) is 16.0 Å². The molecule has 1 aliphatic heterocycles. The van der Waals surface area contributed by atoms with E-state index in [4.69, 9.17) is 9.47 Å². The van der Waals surface area contributed by atoms with Crippen LogP contribution in [-0.4, -0.2) is 30.2 Å². The summed E-state index contributed by atoms with van der Waals surface area (Å²) in [5.41, 5.74) is 1.93. The molecule has 0 N–H and O–H groups in total. The molecule has 4 nitrogen and oxygen atoms in total. The van der Waals surface area contributed by atoms with Gasteiger partial charge in [0.1, 0.15) is 23.3 Å². The molecule has 0 saturated carbocycles. The Morgan fingerprint density at radius 2 is 1.89 bits per heavy atom. The number of ether oxygens (including phenoxy) is 2. The maximum absolute atomic E-state index is 14.4. The molecule has 1 unspecified atom stereocenters. The summed E-state index contributed by atoms with van der Waals surface area (Å²) in [6.07, 6.45) is -0.811. The van der Waals surface area contributed by atoms with Crippen molar-refractivity contribution in [2.45, 2.75) is 39.0 Å². The lowest BCUT2D eigenvalue weighted by atomic mass is 9.89. The van der Waals surface area contributed by atoms with E-state index < -0.39 is 23.3 Å². The van der Waals surface area contributed by atoms with E-state index in [9.17, 15) is 13.6 Å². The number of carbonyl (C=O) groups excluding carboxylic acids is 1. The SMILES string of the molecule is COC1CN(C(=O)OC(C)(C)C)Cc2c(-c3ccc(F)cc3F)cccc21. The van der Waals surface area contributed by atoms with Crippen molar-refractivity contribution < 1.29 is 23.0 Å². The second kappa shape index (κ2) is 7.27. The highest BCUT2D eigenvalue weighted by Gasteiger charge is 2.32. The lowest BCUT2D eigenvalue weighted by Gasteiger charge is -2.36. The Morgan fingerprint density at radius 3 is 2.52 bits per heavy atom. The van der Waals surface area contributed by atoms with E-state index in [1.807, 2.05) is 12.1 Å². The number of benzene rings is 2. The first-order valence-electron chi connectivity index (χ1n) is 8.77. The Labute approximate surface area is 157 Å². The van der Waals surface area contributed by atoms with Crippen LogP contribution in [0, 0.1) is 11.6 Å². The van der Waals surface area contributed by atoms with E-state index >= 15 is 0 Å². The van der Waals surface area contributed by atoms with Gasteiger partial charge in [-0.15, -0.1) is 0 Å². The minimum absolute atomic E-state index is 0.261. The van der Waals surface area contributed by atoms with Gasteiger partial charge in [-0.3, -0.25) is 0 Å². The number of halogens is 2. The van der Waals surface area contributed by atoms with E-state index in [-0.39, 0.29) is 18.2 Å². The fourth-order valence-corrected chi connectivity index (χ4v) is 3.26. The molecule has 6 heteroatoms. The van der Waals surface area contributed by atoms with Crippen molar-refractivity contribution in [2.75, 3.05) is 13.7 Å². The van der Waals surface area contributed by atoms with Gasteiger partial charge in [-0.1, -0.05) is 18.2 Å². The molecule has 27 heavy (non-hydrogen) atoms. The molecule has 2 aromatic carbocycles. The fraction of sp³-hybridized carbons (Fsp3) is 0.381. The van der Waals surface area contributed by atoms with Crippen molar-refractivity contribution >= 4 is 6.09 Å². The predicted molar refractivity (Wildman–Crippen MR) is 98.2 cm³/mol. The summed E-state index contributed by atoms with van der Waals surface area (Å²) in [5, 5.41) is 0. The zero-order valence-corrected chi connectivity index (χ0v) is 15.9. The van der Waals surface area contributed by atoms with Gasteiger partial charge in [0.05, 0.1) is 13.1 Å². The first-order chi connectivity index (χ1) is 12.7. The van der Waals surface area contributed by atoms with Crippen LogP contribution in [0.4, 0.5) is 13.6 Å². The van der Waals surface area contributed by atoms with Gasteiger partial charge in [-0.2, -0.15) is 0 Å². The normalized spacial score (nSPS) is 16.8. The average Bonchev–Trinajstić information content (AvgIpc) is 2.59. The van der Waals surface area contributed by atoms with Crippen molar-refractivity contribution in [1.29, 1.82) is 0 Å². The Bertz CT molecular complexity index is 861. The van der Waals surface area contributed by atoms with Crippen molar-refractivity contribution in [3.8, 4) is 11.1 Å². The highest BCUT2D eigenvalue weighted by molar-refractivity contribution is 5.73.